The zero-order valence-corrected chi connectivity index (χ0v) is 19.0. The Hall–Kier alpha value is -1.12. The van der Waals surface area contributed by atoms with Gasteiger partial charge in [-0.25, -0.2) is 9.37 Å². The maximum Gasteiger partial charge on any atom is 0.180 e. The summed E-state index contributed by atoms with van der Waals surface area (Å²) in [6, 6.07) is 6.09. The summed E-state index contributed by atoms with van der Waals surface area (Å²) < 4.78 is 14.5. The van der Waals surface area contributed by atoms with E-state index in [0.29, 0.717) is 23.8 Å². The Bertz CT molecular complexity index is 888. The molecule has 2 fully saturated rings. The molecule has 1 aliphatic carbocycles. The molecule has 29 heavy (non-hydrogen) atoms. The molecule has 1 aromatic heterocycles. The molecule has 2 aliphatic rings. The van der Waals surface area contributed by atoms with E-state index < -0.39 is 6.04 Å². The fraction of sp³-hybridized carbons (Fsp3) is 0.400. The molecule has 0 bridgehead atoms. The lowest BCUT2D eigenvalue weighted by Gasteiger charge is -2.37. The standard InChI is InChI=1S/C20H22FN3OS2.2ClH/c21-16-4-2-1-3-15(16)18(19(25)12-5-6-12)24-8-7-17(26)13(10-24)9-14-11-27-20(22)23-14;;/h1-4,9,11-12,17-18,26H,5-8,10H2,(H2,22,23);2*1H/b13-9+;;. The van der Waals surface area contributed by atoms with Gasteiger partial charge in [-0.3, -0.25) is 9.69 Å². The van der Waals surface area contributed by atoms with E-state index in [0.717, 1.165) is 30.5 Å². The molecule has 158 valence electrons. The van der Waals surface area contributed by atoms with Gasteiger partial charge in [0.1, 0.15) is 5.82 Å². The van der Waals surface area contributed by atoms with Gasteiger partial charge in [-0.05, 0) is 37.0 Å². The summed E-state index contributed by atoms with van der Waals surface area (Å²) in [5, 5.41) is 2.53. The average molecular weight is 476 g/mol. The summed E-state index contributed by atoms with van der Waals surface area (Å²) in [6.07, 6.45) is 4.62. The number of nitrogens with zero attached hydrogens (tertiary/aromatic N) is 2. The molecule has 9 heteroatoms. The first kappa shape index (κ1) is 24.2. The number of rotatable bonds is 5. The van der Waals surface area contributed by atoms with E-state index in [2.05, 4.69) is 9.88 Å². The van der Waals surface area contributed by atoms with Crippen LogP contribution in [0, 0.1) is 11.7 Å². The van der Waals surface area contributed by atoms with Crippen molar-refractivity contribution in [2.45, 2.75) is 30.6 Å². The highest BCUT2D eigenvalue weighted by atomic mass is 35.5. The van der Waals surface area contributed by atoms with Gasteiger partial charge in [-0.1, -0.05) is 18.2 Å². The number of nitrogen functional groups attached to an aromatic ring is 1. The molecule has 4 nitrogen and oxygen atoms in total. The molecule has 1 saturated heterocycles. The Kier molecular flexibility index (Phi) is 8.55. The molecule has 1 saturated carbocycles. The molecule has 2 unspecified atom stereocenters. The fourth-order valence-corrected chi connectivity index (χ4v) is 4.42. The lowest BCUT2D eigenvalue weighted by Crippen LogP contribution is -2.42. The zero-order valence-electron chi connectivity index (χ0n) is 15.7. The molecule has 0 radical (unpaired) electrons. The monoisotopic (exact) mass is 475 g/mol. The minimum absolute atomic E-state index is 0. The van der Waals surface area contributed by atoms with E-state index in [9.17, 15) is 9.18 Å². The van der Waals surface area contributed by atoms with Crippen molar-refractivity contribution in [1.29, 1.82) is 0 Å². The second-order valence-electron chi connectivity index (χ2n) is 7.21. The third-order valence-corrected chi connectivity index (χ3v) is 6.47. The van der Waals surface area contributed by atoms with Crippen LogP contribution in [0.25, 0.3) is 6.08 Å². The third-order valence-electron chi connectivity index (χ3n) is 5.19. The fourth-order valence-electron chi connectivity index (χ4n) is 3.63. The first-order valence-electron chi connectivity index (χ1n) is 9.14. The lowest BCUT2D eigenvalue weighted by atomic mass is 9.93. The van der Waals surface area contributed by atoms with Gasteiger partial charge in [-0.15, -0.1) is 36.2 Å². The van der Waals surface area contributed by atoms with Crippen molar-refractivity contribution >= 4 is 65.8 Å². The summed E-state index contributed by atoms with van der Waals surface area (Å²) in [4.78, 5) is 19.4. The number of Topliss-reactive ketones (excluding diaryl/α,β-unsaturated/α-hetero) is 1. The van der Waals surface area contributed by atoms with Crippen LogP contribution < -0.4 is 5.73 Å². The summed E-state index contributed by atoms with van der Waals surface area (Å²) in [6.45, 7) is 1.28. The average Bonchev–Trinajstić information content (AvgIpc) is 3.42. The third kappa shape index (κ3) is 5.52. The molecule has 4 rings (SSSR count). The van der Waals surface area contributed by atoms with Crippen LogP contribution in [-0.4, -0.2) is 34.0 Å². The van der Waals surface area contributed by atoms with Crippen LogP contribution in [0.1, 0.15) is 36.6 Å². The van der Waals surface area contributed by atoms with E-state index in [1.165, 1.54) is 17.4 Å². The maximum absolute atomic E-state index is 14.5. The number of anilines is 1. The number of hydrogen-bond donors (Lipinski definition) is 2. The van der Waals surface area contributed by atoms with Crippen LogP contribution in [-0.2, 0) is 4.79 Å². The van der Waals surface area contributed by atoms with Crippen LogP contribution in [0.2, 0.25) is 0 Å². The predicted octanol–water partition coefficient (Wildman–Crippen LogP) is 4.82. The van der Waals surface area contributed by atoms with E-state index in [4.69, 9.17) is 18.4 Å². The van der Waals surface area contributed by atoms with Crippen molar-refractivity contribution < 1.29 is 9.18 Å². The highest BCUT2D eigenvalue weighted by Gasteiger charge is 2.40. The van der Waals surface area contributed by atoms with Gasteiger partial charge in [0.05, 0.1) is 11.7 Å². The summed E-state index contributed by atoms with van der Waals surface area (Å²) in [7, 11) is 0. The number of benzene rings is 1. The Morgan fingerprint density at radius 2 is 2.03 bits per heavy atom. The molecule has 2 aromatic rings. The number of hydrogen-bond acceptors (Lipinski definition) is 6. The molecule has 2 N–H and O–H groups in total. The lowest BCUT2D eigenvalue weighted by molar-refractivity contribution is -0.126. The van der Waals surface area contributed by atoms with E-state index >= 15 is 0 Å². The molecular formula is C20H24Cl2FN3OS2. The van der Waals surface area contributed by atoms with E-state index in [-0.39, 0.29) is 47.6 Å². The number of carbonyl (C=O) groups is 1. The van der Waals surface area contributed by atoms with Crippen LogP contribution in [0.15, 0.2) is 35.2 Å². The Morgan fingerprint density at radius 3 is 2.66 bits per heavy atom. The Morgan fingerprint density at radius 1 is 1.31 bits per heavy atom. The van der Waals surface area contributed by atoms with Crippen molar-refractivity contribution in [3.63, 3.8) is 0 Å². The number of halogens is 3. The number of thiazole rings is 1. The minimum Gasteiger partial charge on any atom is -0.375 e. The molecule has 1 aromatic carbocycles. The SMILES string of the molecule is Cl.Cl.Nc1nc(/C=C2\CN(C(C(=O)C3CC3)c3ccccc3F)CCC2S)cs1. The van der Waals surface area contributed by atoms with Crippen LogP contribution in [0.5, 0.6) is 0 Å². The predicted molar refractivity (Wildman–Crippen MR) is 125 cm³/mol. The van der Waals surface area contributed by atoms with Crippen LogP contribution in [0.3, 0.4) is 0 Å². The normalized spacial score (nSPS) is 21.9. The van der Waals surface area contributed by atoms with Gasteiger partial charge in [0.2, 0.25) is 0 Å². The first-order chi connectivity index (χ1) is 13.0. The second-order valence-corrected chi connectivity index (χ2v) is 8.72. The van der Waals surface area contributed by atoms with Crippen molar-refractivity contribution in [1.82, 2.24) is 9.88 Å². The quantitative estimate of drug-likeness (QED) is 0.608. The molecule has 0 spiro atoms. The maximum atomic E-state index is 14.5. The van der Waals surface area contributed by atoms with Crippen molar-refractivity contribution in [2.75, 3.05) is 18.8 Å². The van der Waals surface area contributed by atoms with Crippen molar-refractivity contribution in [3.05, 3.63) is 52.3 Å². The smallest absolute Gasteiger partial charge is 0.180 e. The number of ketones is 1. The highest BCUT2D eigenvalue weighted by molar-refractivity contribution is 7.81. The molecule has 1 aliphatic heterocycles. The molecular weight excluding hydrogens is 452 g/mol. The molecule has 2 atom stereocenters. The first-order valence-corrected chi connectivity index (χ1v) is 10.5. The highest BCUT2D eigenvalue weighted by Crippen LogP contribution is 2.39. The zero-order chi connectivity index (χ0) is 19.0. The van der Waals surface area contributed by atoms with E-state index in [1.807, 2.05) is 11.5 Å². The van der Waals surface area contributed by atoms with Gasteiger partial charge >= 0.3 is 0 Å². The number of carbonyl (C=O) groups excluding carboxylic acids is 1. The molecule has 2 heterocycles. The number of aromatic nitrogens is 1. The second kappa shape index (κ2) is 10.3. The number of thiol groups is 1. The van der Waals surface area contributed by atoms with Gasteiger partial charge in [0, 0.05) is 35.2 Å². The Balaban J connectivity index is 0.00000150. The number of piperidine rings is 1. The van der Waals surface area contributed by atoms with Gasteiger partial charge in [0.25, 0.3) is 0 Å². The summed E-state index contributed by atoms with van der Waals surface area (Å²) in [5.74, 6) is -0.119. The van der Waals surface area contributed by atoms with Crippen molar-refractivity contribution in [3.8, 4) is 0 Å². The van der Waals surface area contributed by atoms with Crippen LogP contribution >= 0.6 is 48.8 Å². The summed E-state index contributed by atoms with van der Waals surface area (Å²) in [5.41, 5.74) is 8.10. The Labute approximate surface area is 192 Å². The minimum atomic E-state index is -0.538. The van der Waals surface area contributed by atoms with Crippen molar-refractivity contribution in [2.24, 2.45) is 5.92 Å². The summed E-state index contributed by atoms with van der Waals surface area (Å²) >= 11 is 6.10. The van der Waals surface area contributed by atoms with E-state index in [1.54, 1.807) is 18.2 Å². The van der Waals surface area contributed by atoms with Crippen LogP contribution in [0.4, 0.5) is 9.52 Å². The number of likely N-dealkylation sites (tertiary alicyclic amines) is 1. The number of nitrogens with two attached hydrogens (primary N) is 1. The van der Waals surface area contributed by atoms with Gasteiger partial charge < -0.3 is 5.73 Å². The topological polar surface area (TPSA) is 59.2 Å². The van der Waals surface area contributed by atoms with Gasteiger partial charge in [-0.2, -0.15) is 12.6 Å². The molecule has 0 amide bonds. The van der Waals surface area contributed by atoms with Gasteiger partial charge in [0.15, 0.2) is 10.9 Å². The largest absolute Gasteiger partial charge is 0.375 e.